The van der Waals surface area contributed by atoms with Crippen molar-refractivity contribution < 1.29 is 4.74 Å². The van der Waals surface area contributed by atoms with E-state index in [1.807, 2.05) is 6.07 Å². The summed E-state index contributed by atoms with van der Waals surface area (Å²) in [5.41, 5.74) is 1.06. The summed E-state index contributed by atoms with van der Waals surface area (Å²) in [5.74, 6) is 1.70. The lowest BCUT2D eigenvalue weighted by molar-refractivity contribution is -0.0326. The molecule has 1 N–H and O–H groups in total. The fraction of sp³-hybridized carbons (Fsp3) is 0.750. The van der Waals surface area contributed by atoms with Crippen molar-refractivity contribution in [1.29, 1.82) is 0 Å². The zero-order chi connectivity index (χ0) is 15.5. The first-order valence-corrected chi connectivity index (χ1v) is 7.91. The van der Waals surface area contributed by atoms with Crippen LogP contribution in [-0.4, -0.2) is 47.7 Å². The number of nitrogens with one attached hydrogen (secondary N) is 1. The fourth-order valence-electron chi connectivity index (χ4n) is 2.41. The average Bonchev–Trinajstić information content (AvgIpc) is 2.46. The van der Waals surface area contributed by atoms with Crippen LogP contribution in [0.15, 0.2) is 6.07 Å². The van der Waals surface area contributed by atoms with Gasteiger partial charge in [0, 0.05) is 31.1 Å². The lowest BCUT2D eigenvalue weighted by Gasteiger charge is -2.32. The largest absolute Gasteiger partial charge is 0.370 e. The number of morpholine rings is 1. The van der Waals surface area contributed by atoms with E-state index >= 15 is 0 Å². The first-order chi connectivity index (χ1) is 9.94. The lowest BCUT2D eigenvalue weighted by Crippen LogP contribution is -2.38. The van der Waals surface area contributed by atoms with Crippen LogP contribution in [0.2, 0.25) is 0 Å². The maximum absolute atomic E-state index is 5.90. The van der Waals surface area contributed by atoms with Gasteiger partial charge < -0.3 is 10.1 Å². The van der Waals surface area contributed by atoms with Gasteiger partial charge >= 0.3 is 0 Å². The van der Waals surface area contributed by atoms with Gasteiger partial charge in [-0.3, -0.25) is 4.90 Å². The van der Waals surface area contributed by atoms with E-state index in [0.717, 1.165) is 50.1 Å². The molecule has 2 rings (SSSR count). The van der Waals surface area contributed by atoms with Crippen molar-refractivity contribution >= 4 is 5.82 Å². The maximum atomic E-state index is 5.90. The Labute approximate surface area is 128 Å². The number of anilines is 1. The summed E-state index contributed by atoms with van der Waals surface area (Å²) in [4.78, 5) is 11.8. The highest BCUT2D eigenvalue weighted by molar-refractivity contribution is 5.38. The molecule has 1 fully saturated rings. The molecule has 0 spiro atoms. The quantitative estimate of drug-likeness (QED) is 0.924. The van der Waals surface area contributed by atoms with Crippen LogP contribution in [0.5, 0.6) is 0 Å². The van der Waals surface area contributed by atoms with E-state index in [9.17, 15) is 0 Å². The molecule has 0 saturated carbocycles. The third-order valence-corrected chi connectivity index (χ3v) is 3.76. The monoisotopic (exact) mass is 292 g/mol. The van der Waals surface area contributed by atoms with Crippen molar-refractivity contribution in [3.8, 4) is 0 Å². The number of aromatic nitrogens is 2. The van der Waals surface area contributed by atoms with Crippen LogP contribution in [0.25, 0.3) is 0 Å². The number of hydrogen-bond donors (Lipinski definition) is 1. The van der Waals surface area contributed by atoms with E-state index in [2.05, 4.69) is 49.8 Å². The number of rotatable bonds is 4. The van der Waals surface area contributed by atoms with Gasteiger partial charge in [-0.1, -0.05) is 27.7 Å². The van der Waals surface area contributed by atoms with E-state index < -0.39 is 0 Å². The smallest absolute Gasteiger partial charge is 0.161 e. The van der Waals surface area contributed by atoms with Gasteiger partial charge in [0.25, 0.3) is 0 Å². The molecular weight excluding hydrogens is 264 g/mol. The molecule has 0 aromatic carbocycles. The third-order valence-electron chi connectivity index (χ3n) is 3.76. The van der Waals surface area contributed by atoms with Crippen LogP contribution in [0, 0.1) is 0 Å². The predicted molar refractivity (Wildman–Crippen MR) is 85.7 cm³/mol. The summed E-state index contributed by atoms with van der Waals surface area (Å²) in [6, 6.07) is 2.05. The molecule has 1 aliphatic heterocycles. The van der Waals surface area contributed by atoms with Gasteiger partial charge in [-0.25, -0.2) is 9.97 Å². The summed E-state index contributed by atoms with van der Waals surface area (Å²) in [7, 11) is 0. The minimum Gasteiger partial charge on any atom is -0.370 e. The molecule has 1 aromatic rings. The highest BCUT2D eigenvalue weighted by Crippen LogP contribution is 2.26. The number of likely N-dealkylation sites (N-methyl/N-ethyl adjacent to an activating group) is 1. The molecule has 0 bridgehead atoms. The number of nitrogens with zero attached hydrogens (tertiary/aromatic N) is 3. The summed E-state index contributed by atoms with van der Waals surface area (Å²) in [6.07, 6.45) is -0.0293. The van der Waals surface area contributed by atoms with Crippen LogP contribution in [0.3, 0.4) is 0 Å². The Morgan fingerprint density at radius 1 is 1.33 bits per heavy atom. The molecule has 5 heteroatoms. The molecule has 1 aromatic heterocycles. The Hall–Kier alpha value is -1.20. The van der Waals surface area contributed by atoms with E-state index in [1.165, 1.54) is 0 Å². The van der Waals surface area contributed by atoms with Gasteiger partial charge in [-0.05, 0) is 13.5 Å². The molecule has 2 heterocycles. The number of hydrogen-bond acceptors (Lipinski definition) is 5. The topological polar surface area (TPSA) is 50.3 Å². The maximum Gasteiger partial charge on any atom is 0.161 e. The molecule has 1 aliphatic rings. The molecule has 0 radical (unpaired) electrons. The highest BCUT2D eigenvalue weighted by atomic mass is 16.5. The molecule has 1 unspecified atom stereocenters. The van der Waals surface area contributed by atoms with Crippen molar-refractivity contribution in [2.24, 2.45) is 0 Å². The molecule has 1 atom stereocenters. The van der Waals surface area contributed by atoms with Crippen LogP contribution in [0.4, 0.5) is 5.82 Å². The van der Waals surface area contributed by atoms with Crippen molar-refractivity contribution in [2.45, 2.75) is 46.1 Å². The van der Waals surface area contributed by atoms with Crippen molar-refractivity contribution in [3.05, 3.63) is 17.6 Å². The lowest BCUT2D eigenvalue weighted by atomic mass is 9.92. The Morgan fingerprint density at radius 2 is 2.10 bits per heavy atom. The Kier molecular flexibility index (Phi) is 5.17. The van der Waals surface area contributed by atoms with Crippen molar-refractivity contribution in [2.75, 3.05) is 38.1 Å². The standard InChI is InChI=1S/C16H28N4O/c1-6-17-14-10-13(16(3,4)5)18-15(19-14)12-11-20(7-2)8-9-21-12/h10,12H,6-9,11H2,1-5H3,(H,17,18,19). The Morgan fingerprint density at radius 3 is 2.71 bits per heavy atom. The second-order valence-corrected chi connectivity index (χ2v) is 6.53. The van der Waals surface area contributed by atoms with Gasteiger partial charge in [0.15, 0.2) is 5.82 Å². The van der Waals surface area contributed by atoms with Gasteiger partial charge in [-0.15, -0.1) is 0 Å². The predicted octanol–water partition coefficient (Wildman–Crippen LogP) is 2.60. The zero-order valence-corrected chi connectivity index (χ0v) is 13.9. The second kappa shape index (κ2) is 6.71. The normalized spacial score (nSPS) is 20.5. The van der Waals surface area contributed by atoms with E-state index in [1.54, 1.807) is 0 Å². The third kappa shape index (κ3) is 4.14. The van der Waals surface area contributed by atoms with Crippen LogP contribution < -0.4 is 5.32 Å². The van der Waals surface area contributed by atoms with Crippen LogP contribution >= 0.6 is 0 Å². The first-order valence-electron chi connectivity index (χ1n) is 7.91. The molecule has 5 nitrogen and oxygen atoms in total. The summed E-state index contributed by atoms with van der Waals surface area (Å²) < 4.78 is 5.90. The SMILES string of the molecule is CCNc1cc(C(C)(C)C)nc(C2CN(CC)CCO2)n1. The molecule has 0 amide bonds. The van der Waals surface area contributed by atoms with E-state index in [0.29, 0.717) is 0 Å². The van der Waals surface area contributed by atoms with E-state index in [4.69, 9.17) is 9.72 Å². The molecule has 1 saturated heterocycles. The van der Waals surface area contributed by atoms with Gasteiger partial charge in [0.05, 0.1) is 12.3 Å². The molecule has 118 valence electrons. The first kappa shape index (κ1) is 16.2. The Bertz CT molecular complexity index is 470. The Balaban J connectivity index is 2.31. The summed E-state index contributed by atoms with van der Waals surface area (Å²) in [6.45, 7) is 15.3. The van der Waals surface area contributed by atoms with E-state index in [-0.39, 0.29) is 11.5 Å². The summed E-state index contributed by atoms with van der Waals surface area (Å²) in [5, 5.41) is 3.30. The average molecular weight is 292 g/mol. The van der Waals surface area contributed by atoms with Crippen molar-refractivity contribution in [1.82, 2.24) is 14.9 Å². The molecule has 21 heavy (non-hydrogen) atoms. The van der Waals surface area contributed by atoms with Gasteiger partial charge in [-0.2, -0.15) is 0 Å². The summed E-state index contributed by atoms with van der Waals surface area (Å²) >= 11 is 0. The zero-order valence-electron chi connectivity index (χ0n) is 13.9. The second-order valence-electron chi connectivity index (χ2n) is 6.53. The van der Waals surface area contributed by atoms with Gasteiger partial charge in [0.1, 0.15) is 11.9 Å². The highest BCUT2D eigenvalue weighted by Gasteiger charge is 2.26. The van der Waals surface area contributed by atoms with Gasteiger partial charge in [0.2, 0.25) is 0 Å². The van der Waals surface area contributed by atoms with Crippen LogP contribution in [0.1, 0.15) is 52.2 Å². The number of ether oxygens (including phenoxy) is 1. The molecule has 0 aliphatic carbocycles. The fourth-order valence-corrected chi connectivity index (χ4v) is 2.41. The minimum absolute atomic E-state index is 0.000964. The van der Waals surface area contributed by atoms with Crippen molar-refractivity contribution in [3.63, 3.8) is 0 Å². The van der Waals surface area contributed by atoms with Crippen LogP contribution in [-0.2, 0) is 10.2 Å². The molecular formula is C16H28N4O. The minimum atomic E-state index is -0.0293.